The fourth-order valence-electron chi connectivity index (χ4n) is 3.94. The quantitative estimate of drug-likeness (QED) is 0.656. The van der Waals surface area contributed by atoms with Gasteiger partial charge in [0.05, 0.1) is 6.42 Å². The predicted molar refractivity (Wildman–Crippen MR) is 112 cm³/mol. The number of piperidine rings is 1. The second kappa shape index (κ2) is 8.83. The minimum absolute atomic E-state index is 0.232. The molecule has 142 valence electrons. The largest absolute Gasteiger partial charge is 0.342 e. The van der Waals surface area contributed by atoms with Crippen molar-refractivity contribution in [2.75, 3.05) is 13.1 Å². The van der Waals surface area contributed by atoms with Crippen LogP contribution in [-0.2, 0) is 17.6 Å². The van der Waals surface area contributed by atoms with Gasteiger partial charge in [-0.2, -0.15) is 0 Å². The number of carbonyl (C=O) groups excluding carboxylic acids is 1. The Morgan fingerprint density at radius 1 is 0.821 bits per heavy atom. The van der Waals surface area contributed by atoms with Crippen LogP contribution in [0, 0.1) is 0 Å². The second-order valence-corrected chi connectivity index (χ2v) is 7.53. The zero-order valence-corrected chi connectivity index (χ0v) is 16.1. The molecule has 1 aliphatic heterocycles. The first-order valence-corrected chi connectivity index (χ1v) is 10.1. The highest BCUT2D eigenvalue weighted by molar-refractivity contribution is 5.78. The smallest absolute Gasteiger partial charge is 0.226 e. The normalized spacial score (nSPS) is 14.8. The summed E-state index contributed by atoms with van der Waals surface area (Å²) in [7, 11) is 0. The number of hydrogen-bond acceptors (Lipinski definition) is 2. The van der Waals surface area contributed by atoms with E-state index in [-0.39, 0.29) is 5.91 Å². The average molecular weight is 370 g/mol. The number of rotatable bonds is 5. The number of benzene rings is 2. The van der Waals surface area contributed by atoms with Crippen molar-refractivity contribution in [3.05, 3.63) is 101 Å². The molecule has 0 unspecified atom stereocenters. The molecule has 1 aliphatic rings. The van der Waals surface area contributed by atoms with Crippen molar-refractivity contribution in [2.45, 2.75) is 31.6 Å². The lowest BCUT2D eigenvalue weighted by Gasteiger charge is -2.32. The topological polar surface area (TPSA) is 33.2 Å². The number of likely N-dealkylation sites (tertiary alicyclic amines) is 1. The molecule has 0 N–H and O–H groups in total. The summed E-state index contributed by atoms with van der Waals surface area (Å²) >= 11 is 0. The molecule has 0 radical (unpaired) electrons. The standard InChI is InChI=1S/C25H26N2O/c28-25(19-21-10-5-2-6-11-21)27-16-14-22(15-17-27)24-13-7-12-23(26-24)18-20-8-3-1-4-9-20/h1-13,22H,14-19H2. The molecule has 0 spiro atoms. The maximum Gasteiger partial charge on any atom is 0.226 e. The molecule has 1 saturated heterocycles. The van der Waals surface area contributed by atoms with Gasteiger partial charge in [-0.1, -0.05) is 66.7 Å². The summed E-state index contributed by atoms with van der Waals surface area (Å²) in [6.45, 7) is 1.64. The third-order valence-electron chi connectivity index (χ3n) is 5.52. The molecule has 2 heterocycles. The Kier molecular flexibility index (Phi) is 5.81. The van der Waals surface area contributed by atoms with Gasteiger partial charge < -0.3 is 4.90 Å². The molecule has 1 aromatic heterocycles. The van der Waals surface area contributed by atoms with Crippen LogP contribution < -0.4 is 0 Å². The van der Waals surface area contributed by atoms with E-state index in [1.54, 1.807) is 0 Å². The summed E-state index contributed by atoms with van der Waals surface area (Å²) in [5.41, 5.74) is 4.66. The van der Waals surface area contributed by atoms with Crippen LogP contribution in [0.25, 0.3) is 0 Å². The van der Waals surface area contributed by atoms with E-state index in [2.05, 4.69) is 42.5 Å². The minimum atomic E-state index is 0.232. The molecule has 1 fully saturated rings. The van der Waals surface area contributed by atoms with E-state index in [1.165, 1.54) is 11.3 Å². The Balaban J connectivity index is 1.35. The van der Waals surface area contributed by atoms with Crippen LogP contribution in [-0.4, -0.2) is 28.9 Å². The van der Waals surface area contributed by atoms with Crippen molar-refractivity contribution in [1.29, 1.82) is 0 Å². The highest BCUT2D eigenvalue weighted by atomic mass is 16.2. The maximum atomic E-state index is 12.6. The van der Waals surface area contributed by atoms with Crippen LogP contribution in [0.1, 0.15) is 41.3 Å². The number of amides is 1. The predicted octanol–water partition coefficient (Wildman–Crippen LogP) is 4.62. The van der Waals surface area contributed by atoms with Crippen LogP contribution >= 0.6 is 0 Å². The van der Waals surface area contributed by atoms with Gasteiger partial charge in [-0.15, -0.1) is 0 Å². The molecule has 1 amide bonds. The summed E-state index contributed by atoms with van der Waals surface area (Å²) < 4.78 is 0. The number of carbonyl (C=O) groups is 1. The van der Waals surface area contributed by atoms with Crippen molar-refractivity contribution >= 4 is 5.91 Å². The van der Waals surface area contributed by atoms with Crippen LogP contribution in [0.15, 0.2) is 78.9 Å². The monoisotopic (exact) mass is 370 g/mol. The van der Waals surface area contributed by atoms with Gasteiger partial charge in [-0.25, -0.2) is 0 Å². The Morgan fingerprint density at radius 3 is 2.14 bits per heavy atom. The molecule has 3 aromatic rings. The van der Waals surface area contributed by atoms with E-state index in [1.807, 2.05) is 41.3 Å². The molecule has 0 saturated carbocycles. The Morgan fingerprint density at radius 2 is 1.46 bits per heavy atom. The van der Waals surface area contributed by atoms with Crippen LogP contribution in [0.2, 0.25) is 0 Å². The lowest BCUT2D eigenvalue weighted by atomic mass is 9.92. The van der Waals surface area contributed by atoms with Gasteiger partial charge in [0, 0.05) is 36.8 Å². The minimum Gasteiger partial charge on any atom is -0.342 e. The molecule has 3 nitrogen and oxygen atoms in total. The summed E-state index contributed by atoms with van der Waals surface area (Å²) in [4.78, 5) is 19.5. The SMILES string of the molecule is O=C(Cc1ccccc1)N1CCC(c2cccc(Cc3ccccc3)n2)CC1. The zero-order valence-electron chi connectivity index (χ0n) is 16.1. The Bertz CT molecular complexity index is 900. The number of nitrogens with zero attached hydrogens (tertiary/aromatic N) is 2. The van der Waals surface area contributed by atoms with Crippen molar-refractivity contribution in [2.24, 2.45) is 0 Å². The zero-order chi connectivity index (χ0) is 19.2. The third-order valence-corrected chi connectivity index (χ3v) is 5.52. The lowest BCUT2D eigenvalue weighted by molar-refractivity contribution is -0.131. The number of pyridine rings is 1. The van der Waals surface area contributed by atoms with Crippen LogP contribution in [0.5, 0.6) is 0 Å². The van der Waals surface area contributed by atoms with Crippen molar-refractivity contribution in [3.63, 3.8) is 0 Å². The summed E-state index contributed by atoms with van der Waals surface area (Å²) in [6.07, 6.45) is 3.34. The van der Waals surface area contributed by atoms with Crippen molar-refractivity contribution in [3.8, 4) is 0 Å². The van der Waals surface area contributed by atoms with Gasteiger partial charge in [0.15, 0.2) is 0 Å². The van der Waals surface area contributed by atoms with Gasteiger partial charge in [-0.3, -0.25) is 9.78 Å². The van der Waals surface area contributed by atoms with E-state index in [0.29, 0.717) is 12.3 Å². The van der Waals surface area contributed by atoms with Gasteiger partial charge in [0.25, 0.3) is 0 Å². The van der Waals surface area contributed by atoms with Crippen molar-refractivity contribution < 1.29 is 4.79 Å². The highest BCUT2D eigenvalue weighted by Crippen LogP contribution is 2.27. The molecular weight excluding hydrogens is 344 g/mol. The number of aromatic nitrogens is 1. The first kappa shape index (κ1) is 18.4. The molecule has 2 aromatic carbocycles. The van der Waals surface area contributed by atoms with E-state index >= 15 is 0 Å². The molecule has 0 aliphatic carbocycles. The summed E-state index contributed by atoms with van der Waals surface area (Å²) in [5.74, 6) is 0.673. The first-order chi connectivity index (χ1) is 13.8. The lowest BCUT2D eigenvalue weighted by Crippen LogP contribution is -2.38. The van der Waals surface area contributed by atoms with Crippen LogP contribution in [0.4, 0.5) is 0 Å². The number of hydrogen-bond donors (Lipinski definition) is 0. The molecular formula is C25H26N2O. The van der Waals surface area contributed by atoms with Crippen LogP contribution in [0.3, 0.4) is 0 Å². The first-order valence-electron chi connectivity index (χ1n) is 10.1. The fraction of sp³-hybridized carbons (Fsp3) is 0.280. The van der Waals surface area contributed by atoms with Gasteiger partial charge in [0.2, 0.25) is 5.91 Å². The molecule has 0 atom stereocenters. The van der Waals surface area contributed by atoms with Crippen molar-refractivity contribution in [1.82, 2.24) is 9.88 Å². The Labute approximate surface area is 167 Å². The average Bonchev–Trinajstić information content (AvgIpc) is 2.75. The van der Waals surface area contributed by atoms with Gasteiger partial charge >= 0.3 is 0 Å². The molecule has 0 bridgehead atoms. The maximum absolute atomic E-state index is 12.6. The second-order valence-electron chi connectivity index (χ2n) is 7.53. The van der Waals surface area contributed by atoms with E-state index < -0.39 is 0 Å². The Hall–Kier alpha value is -2.94. The van der Waals surface area contributed by atoms with E-state index in [0.717, 1.165) is 43.6 Å². The molecule has 4 rings (SSSR count). The third kappa shape index (κ3) is 4.66. The fourth-order valence-corrected chi connectivity index (χ4v) is 3.94. The summed E-state index contributed by atoms with van der Waals surface area (Å²) in [6, 6.07) is 26.8. The summed E-state index contributed by atoms with van der Waals surface area (Å²) in [5, 5.41) is 0. The molecule has 28 heavy (non-hydrogen) atoms. The van der Waals surface area contributed by atoms with E-state index in [9.17, 15) is 4.79 Å². The molecule has 3 heteroatoms. The highest BCUT2D eigenvalue weighted by Gasteiger charge is 2.24. The van der Waals surface area contributed by atoms with E-state index in [4.69, 9.17) is 4.98 Å². The van der Waals surface area contributed by atoms with Gasteiger partial charge in [0.1, 0.15) is 0 Å². The van der Waals surface area contributed by atoms with Gasteiger partial charge in [-0.05, 0) is 36.1 Å².